The number of benzene rings is 1. The van der Waals surface area contributed by atoms with Gasteiger partial charge in [0.2, 0.25) is 0 Å². The van der Waals surface area contributed by atoms with Gasteiger partial charge in [0.1, 0.15) is 0 Å². The van der Waals surface area contributed by atoms with Gasteiger partial charge in [0.05, 0.1) is 5.02 Å². The van der Waals surface area contributed by atoms with Crippen LogP contribution in [0.5, 0.6) is 0 Å². The van der Waals surface area contributed by atoms with Crippen LogP contribution in [0, 0.1) is 0 Å². The maximum absolute atomic E-state index is 6.06. The van der Waals surface area contributed by atoms with Gasteiger partial charge in [0, 0.05) is 10.9 Å². The van der Waals surface area contributed by atoms with Crippen LogP contribution < -0.4 is 5.32 Å². The van der Waals surface area contributed by atoms with Crippen molar-refractivity contribution in [2.75, 3.05) is 12.8 Å². The van der Waals surface area contributed by atoms with E-state index in [1.165, 1.54) is 17.7 Å². The maximum Gasteiger partial charge on any atom is 0.0541 e. The van der Waals surface area contributed by atoms with Crippen LogP contribution in [0.15, 0.2) is 29.2 Å². The fourth-order valence-corrected chi connectivity index (χ4v) is 2.49. The summed E-state index contributed by atoms with van der Waals surface area (Å²) in [5.74, 6) is 1.13. The molecule has 3 heteroatoms. The van der Waals surface area contributed by atoms with E-state index < -0.39 is 0 Å². The molecule has 1 aromatic rings. The van der Waals surface area contributed by atoms with Crippen molar-refractivity contribution in [3.05, 3.63) is 29.3 Å². The van der Waals surface area contributed by atoms with Crippen molar-refractivity contribution < 1.29 is 0 Å². The summed E-state index contributed by atoms with van der Waals surface area (Å²) < 4.78 is 0. The Hall–Kier alpha value is -0.180. The lowest BCUT2D eigenvalue weighted by Crippen LogP contribution is -2.20. The topological polar surface area (TPSA) is 12.0 Å². The third-order valence-corrected chi connectivity index (χ3v) is 3.97. The normalized spacial score (nSPS) is 12.7. The Morgan fingerprint density at radius 1 is 1.40 bits per heavy atom. The Morgan fingerprint density at radius 3 is 2.80 bits per heavy atom. The van der Waals surface area contributed by atoms with E-state index in [4.69, 9.17) is 11.6 Å². The largest absolute Gasteiger partial charge is 0.317 e. The molecule has 0 aliphatic heterocycles. The van der Waals surface area contributed by atoms with Gasteiger partial charge in [-0.25, -0.2) is 0 Å². The molecule has 0 aliphatic carbocycles. The van der Waals surface area contributed by atoms with E-state index in [0.29, 0.717) is 6.04 Å². The van der Waals surface area contributed by atoms with E-state index in [9.17, 15) is 0 Å². The average molecular weight is 244 g/mol. The Balaban J connectivity index is 2.23. The molecule has 0 aromatic heterocycles. The van der Waals surface area contributed by atoms with Crippen molar-refractivity contribution in [1.29, 1.82) is 0 Å². The summed E-state index contributed by atoms with van der Waals surface area (Å²) in [6.07, 6.45) is 2.44. The van der Waals surface area contributed by atoms with Crippen LogP contribution in [0.3, 0.4) is 0 Å². The maximum atomic E-state index is 6.06. The highest BCUT2D eigenvalue weighted by atomic mass is 35.5. The van der Waals surface area contributed by atoms with Gasteiger partial charge >= 0.3 is 0 Å². The number of halogens is 1. The monoisotopic (exact) mass is 243 g/mol. The van der Waals surface area contributed by atoms with Crippen molar-refractivity contribution in [1.82, 2.24) is 5.32 Å². The Morgan fingerprint density at radius 2 is 2.13 bits per heavy atom. The molecule has 15 heavy (non-hydrogen) atoms. The lowest BCUT2D eigenvalue weighted by molar-refractivity contribution is 0.559. The van der Waals surface area contributed by atoms with E-state index in [2.05, 4.69) is 18.3 Å². The summed E-state index contributed by atoms with van der Waals surface area (Å²) in [6.45, 7) is 2.21. The molecule has 1 unspecified atom stereocenters. The Bertz CT molecular complexity index is 291. The van der Waals surface area contributed by atoms with Crippen LogP contribution in [0.1, 0.15) is 19.8 Å². The van der Waals surface area contributed by atoms with E-state index in [1.54, 1.807) is 0 Å². The van der Waals surface area contributed by atoms with E-state index in [1.807, 2.05) is 37.0 Å². The number of nitrogens with one attached hydrogen (secondary N) is 1. The minimum Gasteiger partial charge on any atom is -0.317 e. The summed E-state index contributed by atoms with van der Waals surface area (Å²) >= 11 is 7.90. The van der Waals surface area contributed by atoms with Gasteiger partial charge in [-0.1, -0.05) is 23.7 Å². The molecular weight excluding hydrogens is 226 g/mol. The van der Waals surface area contributed by atoms with Gasteiger partial charge < -0.3 is 5.32 Å². The molecule has 1 N–H and O–H groups in total. The molecule has 0 saturated carbocycles. The molecule has 0 heterocycles. The fourth-order valence-electron chi connectivity index (χ4n) is 1.28. The summed E-state index contributed by atoms with van der Waals surface area (Å²) in [6, 6.07) is 8.63. The minimum atomic E-state index is 0.608. The molecular formula is C12H18ClNS. The fraction of sp³-hybridized carbons (Fsp3) is 0.500. The second kappa shape index (κ2) is 7.15. The molecule has 0 spiro atoms. The van der Waals surface area contributed by atoms with Crippen LogP contribution in [0.4, 0.5) is 0 Å². The van der Waals surface area contributed by atoms with Crippen molar-refractivity contribution in [3.63, 3.8) is 0 Å². The lowest BCUT2D eigenvalue weighted by atomic mass is 10.2. The minimum absolute atomic E-state index is 0.608. The zero-order valence-electron chi connectivity index (χ0n) is 9.29. The zero-order chi connectivity index (χ0) is 11.1. The molecule has 0 radical (unpaired) electrons. The highest BCUT2D eigenvalue weighted by Gasteiger charge is 2.01. The van der Waals surface area contributed by atoms with Crippen LogP contribution in [0.25, 0.3) is 0 Å². The first-order chi connectivity index (χ1) is 7.24. The van der Waals surface area contributed by atoms with Crippen molar-refractivity contribution in [2.24, 2.45) is 0 Å². The SMILES string of the molecule is CNC(C)CCCSc1ccccc1Cl. The van der Waals surface area contributed by atoms with Gasteiger partial charge in [-0.05, 0) is 44.7 Å². The zero-order valence-corrected chi connectivity index (χ0v) is 10.9. The van der Waals surface area contributed by atoms with Gasteiger partial charge in [0.15, 0.2) is 0 Å². The quantitative estimate of drug-likeness (QED) is 0.602. The molecule has 0 amide bonds. The molecule has 0 saturated heterocycles. The molecule has 0 bridgehead atoms. The third kappa shape index (κ3) is 4.92. The van der Waals surface area contributed by atoms with E-state index in [-0.39, 0.29) is 0 Å². The first kappa shape index (κ1) is 12.9. The predicted octanol–water partition coefficient (Wildman–Crippen LogP) is 3.82. The molecule has 0 aliphatic rings. The van der Waals surface area contributed by atoms with E-state index in [0.717, 1.165) is 10.8 Å². The average Bonchev–Trinajstić information content (AvgIpc) is 2.26. The first-order valence-electron chi connectivity index (χ1n) is 5.28. The molecule has 0 fully saturated rings. The Kier molecular flexibility index (Phi) is 6.15. The van der Waals surface area contributed by atoms with Gasteiger partial charge in [0.25, 0.3) is 0 Å². The standard InChI is InChI=1S/C12H18ClNS/c1-10(14-2)6-5-9-15-12-8-4-3-7-11(12)13/h3-4,7-8,10,14H,5-6,9H2,1-2H3. The predicted molar refractivity (Wildman–Crippen MR) is 69.9 cm³/mol. The number of rotatable bonds is 6. The molecule has 1 nitrogen and oxygen atoms in total. The van der Waals surface area contributed by atoms with Crippen LogP contribution in [0.2, 0.25) is 5.02 Å². The third-order valence-electron chi connectivity index (χ3n) is 2.37. The van der Waals surface area contributed by atoms with Crippen LogP contribution >= 0.6 is 23.4 Å². The van der Waals surface area contributed by atoms with Crippen molar-refractivity contribution >= 4 is 23.4 Å². The van der Waals surface area contributed by atoms with Gasteiger partial charge in [-0.3, -0.25) is 0 Å². The number of hydrogen-bond acceptors (Lipinski definition) is 2. The second-order valence-electron chi connectivity index (χ2n) is 3.61. The molecule has 1 aromatic carbocycles. The first-order valence-corrected chi connectivity index (χ1v) is 6.65. The van der Waals surface area contributed by atoms with E-state index >= 15 is 0 Å². The summed E-state index contributed by atoms with van der Waals surface area (Å²) in [5, 5.41) is 4.10. The van der Waals surface area contributed by atoms with Crippen LogP contribution in [-0.4, -0.2) is 18.8 Å². The Labute approximate surface area is 102 Å². The van der Waals surface area contributed by atoms with Gasteiger partial charge in [-0.2, -0.15) is 0 Å². The van der Waals surface area contributed by atoms with Crippen molar-refractivity contribution in [2.45, 2.75) is 30.7 Å². The molecule has 84 valence electrons. The number of thioether (sulfide) groups is 1. The highest BCUT2D eigenvalue weighted by molar-refractivity contribution is 7.99. The highest BCUT2D eigenvalue weighted by Crippen LogP contribution is 2.27. The lowest BCUT2D eigenvalue weighted by Gasteiger charge is -2.09. The van der Waals surface area contributed by atoms with Crippen molar-refractivity contribution in [3.8, 4) is 0 Å². The van der Waals surface area contributed by atoms with Crippen LogP contribution in [-0.2, 0) is 0 Å². The summed E-state index contributed by atoms with van der Waals surface area (Å²) in [4.78, 5) is 1.19. The van der Waals surface area contributed by atoms with Gasteiger partial charge in [-0.15, -0.1) is 11.8 Å². The number of hydrogen-bond donors (Lipinski definition) is 1. The second-order valence-corrected chi connectivity index (χ2v) is 5.15. The summed E-state index contributed by atoms with van der Waals surface area (Å²) in [7, 11) is 2.01. The molecule has 1 rings (SSSR count). The smallest absolute Gasteiger partial charge is 0.0541 e. The molecule has 1 atom stereocenters. The summed E-state index contributed by atoms with van der Waals surface area (Å²) in [5.41, 5.74) is 0.